The standard InChI is InChI=1S/C17H16N2O3S2/c1-9(2)14(16(21)22)19-15(20)13(24-17(19)23)7-10-8-18-12-6-4-3-5-11(10)12/h3-9,14,20H,1-2H3,(H,21,22). The minimum Gasteiger partial charge on any atom is -0.493 e. The van der Waals surface area contributed by atoms with Crippen molar-refractivity contribution >= 4 is 53.1 Å². The van der Waals surface area contributed by atoms with Crippen LogP contribution in [-0.2, 0) is 4.79 Å². The van der Waals surface area contributed by atoms with E-state index in [1.165, 1.54) is 15.9 Å². The average Bonchev–Trinajstić information content (AvgIpc) is 3.04. The number of aromatic nitrogens is 1. The molecule has 0 fully saturated rings. The molecule has 1 aromatic carbocycles. The fourth-order valence-corrected chi connectivity index (χ4v) is 4.05. The summed E-state index contributed by atoms with van der Waals surface area (Å²) in [6, 6.07) is 6.81. The summed E-state index contributed by atoms with van der Waals surface area (Å²) in [5.41, 5.74) is 2.71. The lowest BCUT2D eigenvalue weighted by Gasteiger charge is -2.18. The Balaban J connectivity index is 2.08. The van der Waals surface area contributed by atoms with Crippen molar-refractivity contribution in [2.45, 2.75) is 19.9 Å². The lowest BCUT2D eigenvalue weighted by Crippen LogP contribution is -2.23. The summed E-state index contributed by atoms with van der Waals surface area (Å²) >= 11 is 6.48. The molecule has 0 amide bonds. The van der Waals surface area contributed by atoms with Gasteiger partial charge >= 0.3 is 5.97 Å². The van der Waals surface area contributed by atoms with E-state index < -0.39 is 12.0 Å². The van der Waals surface area contributed by atoms with Gasteiger partial charge < -0.3 is 10.2 Å². The molecule has 0 bridgehead atoms. The van der Waals surface area contributed by atoms with Crippen LogP contribution in [0.1, 0.15) is 30.3 Å². The summed E-state index contributed by atoms with van der Waals surface area (Å²) < 4.78 is 1.65. The first-order valence-electron chi connectivity index (χ1n) is 7.42. The SMILES string of the molecule is CC(C)C(C(=O)O)n1c(O)c(C=C2C=Nc3ccccc32)sc1=S. The zero-order valence-electron chi connectivity index (χ0n) is 13.1. The van der Waals surface area contributed by atoms with Crippen LogP contribution in [0, 0.1) is 9.87 Å². The number of aromatic hydroxyl groups is 1. The van der Waals surface area contributed by atoms with E-state index in [9.17, 15) is 15.0 Å². The molecule has 0 radical (unpaired) electrons. The van der Waals surface area contributed by atoms with Crippen LogP contribution < -0.4 is 0 Å². The van der Waals surface area contributed by atoms with Crippen molar-refractivity contribution in [3.63, 3.8) is 0 Å². The Kier molecular flexibility index (Phi) is 4.38. The van der Waals surface area contributed by atoms with Crippen LogP contribution in [0.25, 0.3) is 11.6 Å². The summed E-state index contributed by atoms with van der Waals surface area (Å²) in [5, 5.41) is 20.0. The normalized spacial score (nSPS) is 15.9. The number of thiazole rings is 1. The molecule has 0 spiro atoms. The third kappa shape index (κ3) is 2.81. The molecular formula is C17H16N2O3S2. The average molecular weight is 360 g/mol. The first-order chi connectivity index (χ1) is 11.4. The quantitative estimate of drug-likeness (QED) is 0.786. The molecule has 1 unspecified atom stereocenters. The maximum absolute atomic E-state index is 11.6. The Hall–Kier alpha value is -2.25. The largest absolute Gasteiger partial charge is 0.493 e. The van der Waals surface area contributed by atoms with E-state index in [0.717, 1.165) is 16.8 Å². The first-order valence-corrected chi connectivity index (χ1v) is 8.65. The van der Waals surface area contributed by atoms with E-state index in [0.29, 0.717) is 8.83 Å². The maximum Gasteiger partial charge on any atom is 0.327 e. The van der Waals surface area contributed by atoms with Gasteiger partial charge in [-0.2, -0.15) is 0 Å². The predicted octanol–water partition coefficient (Wildman–Crippen LogP) is 4.52. The van der Waals surface area contributed by atoms with Crippen LogP contribution >= 0.6 is 23.6 Å². The van der Waals surface area contributed by atoms with Gasteiger partial charge in [0.25, 0.3) is 0 Å². The number of hydrogen-bond donors (Lipinski definition) is 2. The van der Waals surface area contributed by atoms with E-state index in [1.54, 1.807) is 26.1 Å². The van der Waals surface area contributed by atoms with Crippen LogP contribution in [0.2, 0.25) is 0 Å². The van der Waals surface area contributed by atoms with Crippen molar-refractivity contribution in [3.05, 3.63) is 38.7 Å². The summed E-state index contributed by atoms with van der Waals surface area (Å²) in [7, 11) is 0. The Morgan fingerprint density at radius 1 is 1.38 bits per heavy atom. The second kappa shape index (κ2) is 6.33. The molecule has 2 aromatic rings. The van der Waals surface area contributed by atoms with Crippen molar-refractivity contribution in [1.82, 2.24) is 4.57 Å². The Morgan fingerprint density at radius 3 is 2.75 bits per heavy atom. The van der Waals surface area contributed by atoms with Gasteiger partial charge in [-0.3, -0.25) is 9.56 Å². The van der Waals surface area contributed by atoms with Crippen LogP contribution in [0.4, 0.5) is 5.69 Å². The number of para-hydroxylation sites is 1. The number of hydrogen-bond acceptors (Lipinski definition) is 5. The van der Waals surface area contributed by atoms with E-state index in [-0.39, 0.29) is 11.8 Å². The van der Waals surface area contributed by atoms with E-state index in [1.807, 2.05) is 24.3 Å². The molecule has 24 heavy (non-hydrogen) atoms. The molecule has 0 aliphatic carbocycles. The summed E-state index contributed by atoms with van der Waals surface area (Å²) in [5.74, 6) is -1.33. The topological polar surface area (TPSA) is 74.8 Å². The monoisotopic (exact) mass is 360 g/mol. The fourth-order valence-electron chi connectivity index (χ4n) is 2.72. The van der Waals surface area contributed by atoms with Gasteiger partial charge in [0, 0.05) is 17.4 Å². The minimum atomic E-state index is -1.01. The second-order valence-corrected chi connectivity index (χ2v) is 7.50. The van der Waals surface area contributed by atoms with Gasteiger partial charge in [0.15, 0.2) is 3.95 Å². The number of rotatable bonds is 4. The van der Waals surface area contributed by atoms with Crippen molar-refractivity contribution in [2.24, 2.45) is 10.9 Å². The molecule has 1 atom stereocenters. The highest BCUT2D eigenvalue weighted by Gasteiger charge is 2.28. The van der Waals surface area contributed by atoms with Gasteiger partial charge in [0.1, 0.15) is 6.04 Å². The predicted molar refractivity (Wildman–Crippen MR) is 98.8 cm³/mol. The van der Waals surface area contributed by atoms with Gasteiger partial charge in [-0.15, -0.1) is 11.3 Å². The van der Waals surface area contributed by atoms with E-state index in [2.05, 4.69) is 4.99 Å². The van der Waals surface area contributed by atoms with Crippen LogP contribution in [-0.4, -0.2) is 27.0 Å². The molecule has 0 saturated carbocycles. The smallest absolute Gasteiger partial charge is 0.327 e. The summed E-state index contributed by atoms with van der Waals surface area (Å²) in [4.78, 5) is 16.4. The van der Waals surface area contributed by atoms with Gasteiger partial charge in [-0.05, 0) is 30.3 Å². The number of carboxylic acids is 1. The zero-order chi connectivity index (χ0) is 17.4. The molecule has 1 aliphatic heterocycles. The van der Waals surface area contributed by atoms with Crippen LogP contribution in [0.15, 0.2) is 29.3 Å². The number of aliphatic carboxylic acids is 1. The molecule has 1 aromatic heterocycles. The number of carboxylic acid groups (broad SMARTS) is 1. The molecule has 0 saturated heterocycles. The van der Waals surface area contributed by atoms with Gasteiger partial charge in [0.2, 0.25) is 5.88 Å². The van der Waals surface area contributed by atoms with Crippen molar-refractivity contribution in [1.29, 1.82) is 0 Å². The second-order valence-electron chi connectivity index (χ2n) is 5.83. The molecule has 3 rings (SSSR count). The number of allylic oxidation sites excluding steroid dienone is 1. The molecule has 124 valence electrons. The summed E-state index contributed by atoms with van der Waals surface area (Å²) in [6.45, 7) is 3.57. The lowest BCUT2D eigenvalue weighted by molar-refractivity contribution is -0.142. The molecule has 7 heteroatoms. The highest BCUT2D eigenvalue weighted by Crippen LogP contribution is 2.37. The summed E-state index contributed by atoms with van der Waals surface area (Å²) in [6.07, 6.45) is 3.52. The molecule has 1 aliphatic rings. The molecular weight excluding hydrogens is 344 g/mol. The molecule has 5 nitrogen and oxygen atoms in total. The number of nitrogens with zero attached hydrogens (tertiary/aromatic N) is 2. The van der Waals surface area contributed by atoms with Crippen molar-refractivity contribution in [2.75, 3.05) is 0 Å². The van der Waals surface area contributed by atoms with E-state index in [4.69, 9.17) is 12.2 Å². The Bertz CT molecular complexity index is 922. The number of carbonyl (C=O) groups is 1. The third-order valence-corrected chi connectivity index (χ3v) is 5.19. The van der Waals surface area contributed by atoms with Gasteiger partial charge in [0.05, 0.1) is 10.6 Å². The fraction of sp³-hybridized carbons (Fsp3) is 0.235. The van der Waals surface area contributed by atoms with E-state index >= 15 is 0 Å². The maximum atomic E-state index is 11.6. The highest BCUT2D eigenvalue weighted by atomic mass is 32.1. The molecule has 2 heterocycles. The van der Waals surface area contributed by atoms with Crippen LogP contribution in [0.3, 0.4) is 0 Å². The van der Waals surface area contributed by atoms with Crippen molar-refractivity contribution < 1.29 is 15.0 Å². The van der Waals surface area contributed by atoms with Crippen LogP contribution in [0.5, 0.6) is 5.88 Å². The first kappa shape index (κ1) is 16.6. The third-order valence-electron chi connectivity index (χ3n) is 3.85. The van der Waals surface area contributed by atoms with Crippen molar-refractivity contribution in [3.8, 4) is 5.88 Å². The lowest BCUT2D eigenvalue weighted by atomic mass is 10.0. The number of aliphatic imine (C=N–C) groups is 1. The zero-order valence-corrected chi connectivity index (χ0v) is 14.8. The van der Waals surface area contributed by atoms with Gasteiger partial charge in [-0.25, -0.2) is 4.79 Å². The number of fused-ring (bicyclic) bond motifs is 1. The highest BCUT2D eigenvalue weighted by molar-refractivity contribution is 7.73. The number of benzene rings is 1. The molecule has 2 N–H and O–H groups in total. The Labute approximate surface area is 148 Å². The Morgan fingerprint density at radius 2 is 2.08 bits per heavy atom. The minimum absolute atomic E-state index is 0.114. The van der Waals surface area contributed by atoms with Gasteiger partial charge in [-0.1, -0.05) is 32.0 Å².